The van der Waals surface area contributed by atoms with Crippen LogP contribution in [0, 0.1) is 0 Å². The van der Waals surface area contributed by atoms with Gasteiger partial charge in [0, 0.05) is 6.54 Å². The van der Waals surface area contributed by atoms with Crippen LogP contribution in [0.4, 0.5) is 24.5 Å². The first-order chi connectivity index (χ1) is 9.30. The molecule has 0 aromatic carbocycles. The number of pyridine rings is 1. The average Bonchev–Trinajstić information content (AvgIpc) is 2.38. The zero-order valence-corrected chi connectivity index (χ0v) is 10.7. The Morgan fingerprint density at radius 1 is 1.40 bits per heavy atom. The molecule has 1 fully saturated rings. The minimum Gasteiger partial charge on any atom is -0.396 e. The van der Waals surface area contributed by atoms with Gasteiger partial charge in [-0.1, -0.05) is 0 Å². The second-order valence-electron chi connectivity index (χ2n) is 4.73. The molecule has 5 nitrogen and oxygen atoms in total. The summed E-state index contributed by atoms with van der Waals surface area (Å²) in [4.78, 5) is 16.3. The number of anilines is 2. The summed E-state index contributed by atoms with van der Waals surface area (Å²) in [7, 11) is 0. The molecule has 1 saturated heterocycles. The Morgan fingerprint density at radius 2 is 2.10 bits per heavy atom. The third-order valence-corrected chi connectivity index (χ3v) is 3.34. The number of halogens is 3. The van der Waals surface area contributed by atoms with E-state index in [-0.39, 0.29) is 11.4 Å². The average molecular weight is 288 g/mol. The molecule has 1 atom stereocenters. The molecule has 0 spiro atoms. The van der Waals surface area contributed by atoms with Crippen molar-refractivity contribution in [1.82, 2.24) is 4.98 Å². The monoisotopic (exact) mass is 288 g/mol. The summed E-state index contributed by atoms with van der Waals surface area (Å²) in [6.45, 7) is 0.444. The molecule has 0 radical (unpaired) electrons. The fourth-order valence-electron chi connectivity index (χ4n) is 2.37. The van der Waals surface area contributed by atoms with Crippen molar-refractivity contribution in [2.45, 2.75) is 31.5 Å². The first kappa shape index (κ1) is 14.4. The van der Waals surface area contributed by atoms with Crippen molar-refractivity contribution >= 4 is 17.3 Å². The van der Waals surface area contributed by atoms with Crippen LogP contribution in [-0.4, -0.2) is 23.5 Å². The summed E-state index contributed by atoms with van der Waals surface area (Å²) >= 11 is 0. The maximum absolute atomic E-state index is 12.7. The highest BCUT2D eigenvalue weighted by Crippen LogP contribution is 2.35. The van der Waals surface area contributed by atoms with Crippen LogP contribution < -0.4 is 16.4 Å². The van der Waals surface area contributed by atoms with Gasteiger partial charge in [-0.05, 0) is 25.3 Å². The van der Waals surface area contributed by atoms with Crippen LogP contribution >= 0.6 is 0 Å². The number of alkyl halides is 3. The van der Waals surface area contributed by atoms with Gasteiger partial charge in [0.05, 0.1) is 17.6 Å². The summed E-state index contributed by atoms with van der Waals surface area (Å²) in [6.07, 6.45) is -1.50. The quantitative estimate of drug-likeness (QED) is 0.864. The van der Waals surface area contributed by atoms with Gasteiger partial charge in [0.25, 0.3) is 0 Å². The molecular weight excluding hydrogens is 273 g/mol. The maximum atomic E-state index is 12.7. The van der Waals surface area contributed by atoms with Gasteiger partial charge in [0.1, 0.15) is 11.7 Å². The van der Waals surface area contributed by atoms with Crippen LogP contribution in [0.25, 0.3) is 0 Å². The summed E-state index contributed by atoms with van der Waals surface area (Å²) in [5.74, 6) is -0.561. The Morgan fingerprint density at radius 3 is 2.70 bits per heavy atom. The molecule has 2 heterocycles. The number of carbonyl (C=O) groups is 1. The third kappa shape index (κ3) is 2.78. The predicted octanol–water partition coefficient (Wildman–Crippen LogP) is 1.53. The summed E-state index contributed by atoms with van der Waals surface area (Å²) in [5, 5.41) is 0. The number of nitrogen functional groups attached to an aromatic ring is 1. The molecule has 1 aliphatic rings. The van der Waals surface area contributed by atoms with Crippen molar-refractivity contribution in [3.8, 4) is 0 Å². The van der Waals surface area contributed by atoms with Gasteiger partial charge in [-0.3, -0.25) is 4.79 Å². The van der Waals surface area contributed by atoms with E-state index in [0.29, 0.717) is 13.0 Å². The number of carbonyl (C=O) groups excluding carboxylic acids is 1. The van der Waals surface area contributed by atoms with E-state index in [1.807, 2.05) is 0 Å². The number of primary amides is 1. The highest BCUT2D eigenvalue weighted by molar-refractivity contribution is 5.85. The van der Waals surface area contributed by atoms with Gasteiger partial charge >= 0.3 is 6.18 Å². The van der Waals surface area contributed by atoms with E-state index in [4.69, 9.17) is 11.5 Å². The second-order valence-corrected chi connectivity index (χ2v) is 4.73. The fraction of sp³-hybridized carbons (Fsp3) is 0.500. The van der Waals surface area contributed by atoms with Crippen molar-refractivity contribution in [3.05, 3.63) is 18.0 Å². The first-order valence-electron chi connectivity index (χ1n) is 6.19. The predicted molar refractivity (Wildman–Crippen MR) is 67.8 cm³/mol. The third-order valence-electron chi connectivity index (χ3n) is 3.34. The molecule has 1 unspecified atom stereocenters. The van der Waals surface area contributed by atoms with Crippen LogP contribution in [0.1, 0.15) is 25.0 Å². The molecule has 2 rings (SSSR count). The highest BCUT2D eigenvalue weighted by atomic mass is 19.4. The first-order valence-corrected chi connectivity index (χ1v) is 6.19. The molecule has 4 N–H and O–H groups in total. The Balaban J connectivity index is 2.42. The lowest BCUT2D eigenvalue weighted by Crippen LogP contribution is -2.48. The fourth-order valence-corrected chi connectivity index (χ4v) is 2.37. The van der Waals surface area contributed by atoms with Gasteiger partial charge in [0.15, 0.2) is 0 Å². The van der Waals surface area contributed by atoms with E-state index in [1.165, 1.54) is 4.90 Å². The standard InChI is InChI=1S/C12H15F3N4O/c13-12(14,15)10-5-9(7(16)6-18-10)19-4-2-1-3-8(19)11(17)20/h5-6,8H,1-4,16H2,(H2,17,20). The van der Waals surface area contributed by atoms with Gasteiger partial charge in [0.2, 0.25) is 5.91 Å². The molecule has 1 aliphatic heterocycles. The minimum atomic E-state index is -4.56. The van der Waals surface area contributed by atoms with Gasteiger partial charge in [-0.2, -0.15) is 13.2 Å². The number of aromatic nitrogens is 1. The Kier molecular flexibility index (Phi) is 3.74. The van der Waals surface area contributed by atoms with Crippen molar-refractivity contribution in [2.24, 2.45) is 5.73 Å². The SMILES string of the molecule is NC(=O)C1CCCCN1c1cc(C(F)(F)F)ncc1N. The number of piperidine rings is 1. The molecule has 0 saturated carbocycles. The zero-order valence-electron chi connectivity index (χ0n) is 10.7. The largest absolute Gasteiger partial charge is 0.433 e. The van der Waals surface area contributed by atoms with E-state index in [2.05, 4.69) is 4.98 Å². The number of hydrogen-bond acceptors (Lipinski definition) is 4. The molecule has 8 heteroatoms. The maximum Gasteiger partial charge on any atom is 0.433 e. The van der Waals surface area contributed by atoms with E-state index >= 15 is 0 Å². The van der Waals surface area contributed by atoms with Crippen molar-refractivity contribution < 1.29 is 18.0 Å². The second kappa shape index (κ2) is 5.18. The molecule has 1 aromatic rings. The summed E-state index contributed by atoms with van der Waals surface area (Å²) in [6, 6.07) is 0.242. The normalized spacial score (nSPS) is 19.9. The van der Waals surface area contributed by atoms with Crippen molar-refractivity contribution in [3.63, 3.8) is 0 Å². The lowest BCUT2D eigenvalue weighted by atomic mass is 10.0. The molecule has 20 heavy (non-hydrogen) atoms. The molecule has 0 aliphatic carbocycles. The van der Waals surface area contributed by atoms with E-state index < -0.39 is 23.8 Å². The lowest BCUT2D eigenvalue weighted by molar-refractivity contribution is -0.141. The van der Waals surface area contributed by atoms with E-state index in [1.54, 1.807) is 0 Å². The molecule has 110 valence electrons. The summed E-state index contributed by atoms with van der Waals surface area (Å²) < 4.78 is 38.1. The topological polar surface area (TPSA) is 85.2 Å². The lowest BCUT2D eigenvalue weighted by Gasteiger charge is -2.36. The molecule has 0 bridgehead atoms. The van der Waals surface area contributed by atoms with Gasteiger partial charge in [-0.25, -0.2) is 4.98 Å². The molecule has 1 amide bonds. The smallest absolute Gasteiger partial charge is 0.396 e. The van der Waals surface area contributed by atoms with Crippen LogP contribution in [0.5, 0.6) is 0 Å². The number of hydrogen-bond donors (Lipinski definition) is 2. The number of nitrogens with zero attached hydrogens (tertiary/aromatic N) is 2. The Labute approximate surface area is 113 Å². The Hall–Kier alpha value is -1.99. The van der Waals surface area contributed by atoms with Gasteiger partial charge in [-0.15, -0.1) is 0 Å². The van der Waals surface area contributed by atoms with Crippen LogP contribution in [-0.2, 0) is 11.0 Å². The van der Waals surface area contributed by atoms with E-state index in [0.717, 1.165) is 25.1 Å². The zero-order chi connectivity index (χ0) is 14.9. The number of rotatable bonds is 2. The Bertz CT molecular complexity index is 518. The van der Waals surface area contributed by atoms with Crippen molar-refractivity contribution in [1.29, 1.82) is 0 Å². The molecule has 1 aromatic heterocycles. The number of amides is 1. The highest BCUT2D eigenvalue weighted by Gasteiger charge is 2.35. The summed E-state index contributed by atoms with van der Waals surface area (Å²) in [5.41, 5.74) is 10.2. The van der Waals surface area contributed by atoms with Crippen LogP contribution in [0.15, 0.2) is 12.3 Å². The molecular formula is C12H15F3N4O. The minimum absolute atomic E-state index is 0.103. The van der Waals surface area contributed by atoms with Crippen LogP contribution in [0.3, 0.4) is 0 Å². The van der Waals surface area contributed by atoms with Crippen molar-refractivity contribution in [2.75, 3.05) is 17.2 Å². The van der Waals surface area contributed by atoms with Gasteiger partial charge < -0.3 is 16.4 Å². The van der Waals surface area contributed by atoms with E-state index in [9.17, 15) is 18.0 Å². The van der Waals surface area contributed by atoms with Crippen LogP contribution in [0.2, 0.25) is 0 Å². The number of nitrogens with two attached hydrogens (primary N) is 2.